The summed E-state index contributed by atoms with van der Waals surface area (Å²) in [5.41, 5.74) is 0.607. The van der Waals surface area contributed by atoms with E-state index in [0.29, 0.717) is 10.3 Å². The number of benzene rings is 1. The summed E-state index contributed by atoms with van der Waals surface area (Å²) in [7, 11) is 0. The summed E-state index contributed by atoms with van der Waals surface area (Å²) in [5.74, 6) is 0.775. The first-order valence-electron chi connectivity index (χ1n) is 5.37. The van der Waals surface area contributed by atoms with Crippen molar-refractivity contribution in [1.29, 1.82) is 0 Å². The fraction of sp³-hybridized carbons (Fsp3) is 0.333. The first-order valence-corrected chi connectivity index (χ1v) is 6.92. The third kappa shape index (κ3) is 2.56. The minimum atomic E-state index is -0.170. The Hall–Kier alpha value is -0.580. The summed E-state index contributed by atoms with van der Waals surface area (Å²) in [4.78, 5) is 0. The van der Waals surface area contributed by atoms with Gasteiger partial charge < -0.3 is 0 Å². The van der Waals surface area contributed by atoms with Gasteiger partial charge in [0.2, 0.25) is 5.28 Å². The molecule has 96 valence electrons. The predicted molar refractivity (Wildman–Crippen MR) is 77.8 cm³/mol. The molecule has 2 rings (SSSR count). The number of halogens is 3. The zero-order valence-corrected chi connectivity index (χ0v) is 13.3. The molecule has 18 heavy (non-hydrogen) atoms. The van der Waals surface area contributed by atoms with Gasteiger partial charge in [0.05, 0.1) is 10.7 Å². The van der Waals surface area contributed by atoms with Crippen molar-refractivity contribution in [3.8, 4) is 5.69 Å². The van der Waals surface area contributed by atoms with Crippen LogP contribution < -0.4 is 0 Å². The van der Waals surface area contributed by atoms with Gasteiger partial charge in [0.15, 0.2) is 0 Å². The molecule has 1 aromatic carbocycles. The summed E-state index contributed by atoms with van der Waals surface area (Å²) in [6.45, 7) is 6.16. The molecule has 0 aliphatic heterocycles. The summed E-state index contributed by atoms with van der Waals surface area (Å²) < 4.78 is 2.69. The minimum Gasteiger partial charge on any atom is -0.268 e. The highest BCUT2D eigenvalue weighted by Crippen LogP contribution is 2.31. The van der Waals surface area contributed by atoms with Gasteiger partial charge in [-0.1, -0.05) is 48.3 Å². The molecule has 0 saturated heterocycles. The van der Waals surface area contributed by atoms with Gasteiger partial charge in [-0.3, -0.25) is 4.57 Å². The molecule has 1 aromatic heterocycles. The monoisotopic (exact) mass is 347 g/mol. The Labute approximate surface area is 124 Å². The molecule has 0 aliphatic rings. The van der Waals surface area contributed by atoms with E-state index in [0.717, 1.165) is 16.0 Å². The molecule has 0 atom stereocenters. The molecular formula is C12H12BrCl2N3. The van der Waals surface area contributed by atoms with E-state index < -0.39 is 0 Å². The Morgan fingerprint density at radius 1 is 1.17 bits per heavy atom. The van der Waals surface area contributed by atoms with Crippen LogP contribution in [0.1, 0.15) is 26.6 Å². The molecule has 0 spiro atoms. The van der Waals surface area contributed by atoms with Crippen molar-refractivity contribution in [2.45, 2.75) is 26.2 Å². The van der Waals surface area contributed by atoms with E-state index >= 15 is 0 Å². The highest BCUT2D eigenvalue weighted by molar-refractivity contribution is 9.10. The average molecular weight is 349 g/mol. The SMILES string of the molecule is CC(C)(C)c1nnc(Cl)n1-c1ccc(Br)cc1Cl. The molecule has 2 aromatic rings. The Balaban J connectivity index is 2.67. The van der Waals surface area contributed by atoms with E-state index in [-0.39, 0.29) is 5.41 Å². The third-order valence-electron chi connectivity index (χ3n) is 2.45. The largest absolute Gasteiger partial charge is 0.268 e. The Morgan fingerprint density at radius 2 is 1.83 bits per heavy atom. The van der Waals surface area contributed by atoms with Crippen molar-refractivity contribution in [2.75, 3.05) is 0 Å². The average Bonchev–Trinajstić information content (AvgIpc) is 2.60. The fourth-order valence-electron chi connectivity index (χ4n) is 1.63. The van der Waals surface area contributed by atoms with Crippen molar-refractivity contribution in [3.05, 3.63) is 38.8 Å². The maximum Gasteiger partial charge on any atom is 0.229 e. The van der Waals surface area contributed by atoms with Gasteiger partial charge in [-0.15, -0.1) is 10.2 Å². The second-order valence-corrected chi connectivity index (χ2v) is 6.63. The molecule has 0 unspecified atom stereocenters. The van der Waals surface area contributed by atoms with Gasteiger partial charge in [-0.05, 0) is 29.8 Å². The first-order chi connectivity index (χ1) is 8.30. The van der Waals surface area contributed by atoms with Gasteiger partial charge in [0.1, 0.15) is 5.82 Å². The van der Waals surface area contributed by atoms with Crippen LogP contribution in [0.2, 0.25) is 10.3 Å². The van der Waals surface area contributed by atoms with Crippen LogP contribution >= 0.6 is 39.1 Å². The van der Waals surface area contributed by atoms with Crippen molar-refractivity contribution in [2.24, 2.45) is 0 Å². The predicted octanol–water partition coefficient (Wildman–Crippen LogP) is 4.63. The van der Waals surface area contributed by atoms with E-state index in [1.54, 1.807) is 4.57 Å². The lowest BCUT2D eigenvalue weighted by Gasteiger charge is -2.19. The summed E-state index contributed by atoms with van der Waals surface area (Å²) in [6.07, 6.45) is 0. The molecule has 0 fully saturated rings. The lowest BCUT2D eigenvalue weighted by Crippen LogP contribution is -2.18. The zero-order valence-electron chi connectivity index (χ0n) is 10.2. The van der Waals surface area contributed by atoms with Gasteiger partial charge in [-0.2, -0.15) is 0 Å². The molecule has 0 saturated carbocycles. The minimum absolute atomic E-state index is 0.170. The quantitative estimate of drug-likeness (QED) is 0.751. The Morgan fingerprint density at radius 3 is 2.39 bits per heavy atom. The Bertz CT molecular complexity index is 587. The molecule has 6 heteroatoms. The van der Waals surface area contributed by atoms with Crippen molar-refractivity contribution in [3.63, 3.8) is 0 Å². The second kappa shape index (κ2) is 4.83. The van der Waals surface area contributed by atoms with Crippen molar-refractivity contribution in [1.82, 2.24) is 14.8 Å². The summed E-state index contributed by atoms with van der Waals surface area (Å²) in [5, 5.41) is 8.97. The topological polar surface area (TPSA) is 30.7 Å². The van der Waals surface area contributed by atoms with Crippen LogP contribution in [-0.4, -0.2) is 14.8 Å². The number of hydrogen-bond donors (Lipinski definition) is 0. The first kappa shape index (κ1) is 13.8. The van der Waals surface area contributed by atoms with Crippen molar-refractivity contribution < 1.29 is 0 Å². The van der Waals surface area contributed by atoms with Gasteiger partial charge in [0, 0.05) is 9.89 Å². The van der Waals surface area contributed by atoms with Crippen LogP contribution in [0.3, 0.4) is 0 Å². The lowest BCUT2D eigenvalue weighted by atomic mass is 9.95. The zero-order chi connectivity index (χ0) is 13.5. The number of hydrogen-bond acceptors (Lipinski definition) is 2. The summed E-state index contributed by atoms with van der Waals surface area (Å²) >= 11 is 15.7. The van der Waals surface area contributed by atoms with E-state index in [1.807, 2.05) is 18.2 Å². The normalized spacial score (nSPS) is 11.9. The van der Waals surface area contributed by atoms with Crippen LogP contribution in [0.15, 0.2) is 22.7 Å². The van der Waals surface area contributed by atoms with Crippen LogP contribution in [0.25, 0.3) is 5.69 Å². The number of nitrogens with zero attached hydrogens (tertiary/aromatic N) is 3. The second-order valence-electron chi connectivity index (χ2n) is 4.97. The molecule has 3 nitrogen and oxygen atoms in total. The van der Waals surface area contributed by atoms with E-state index in [1.165, 1.54) is 0 Å². The van der Waals surface area contributed by atoms with Crippen LogP contribution in [0, 0.1) is 0 Å². The van der Waals surface area contributed by atoms with Gasteiger partial charge in [0.25, 0.3) is 0 Å². The molecule has 1 heterocycles. The van der Waals surface area contributed by atoms with Gasteiger partial charge in [-0.25, -0.2) is 0 Å². The van der Waals surface area contributed by atoms with Crippen molar-refractivity contribution >= 4 is 39.1 Å². The summed E-state index contributed by atoms with van der Waals surface area (Å²) in [6, 6.07) is 5.61. The van der Waals surface area contributed by atoms with Crippen LogP contribution in [-0.2, 0) is 5.41 Å². The van der Waals surface area contributed by atoms with Crippen LogP contribution in [0.4, 0.5) is 0 Å². The highest BCUT2D eigenvalue weighted by Gasteiger charge is 2.25. The van der Waals surface area contributed by atoms with E-state index in [4.69, 9.17) is 23.2 Å². The molecule has 0 aliphatic carbocycles. The maximum absolute atomic E-state index is 6.25. The molecule has 0 amide bonds. The standard InChI is InChI=1S/C12H12BrCl2N3/c1-12(2,3)10-16-17-11(15)18(10)9-5-4-7(13)6-8(9)14/h4-6H,1-3H3. The molecule has 0 bridgehead atoms. The van der Waals surface area contributed by atoms with Gasteiger partial charge >= 0.3 is 0 Å². The third-order valence-corrected chi connectivity index (χ3v) is 3.49. The van der Waals surface area contributed by atoms with E-state index in [9.17, 15) is 0 Å². The molecule has 0 N–H and O–H groups in total. The smallest absolute Gasteiger partial charge is 0.229 e. The molecular weight excluding hydrogens is 337 g/mol. The molecule has 0 radical (unpaired) electrons. The number of aromatic nitrogens is 3. The maximum atomic E-state index is 6.25. The van der Waals surface area contributed by atoms with E-state index in [2.05, 4.69) is 46.9 Å². The lowest BCUT2D eigenvalue weighted by molar-refractivity contribution is 0.533. The fourth-order valence-corrected chi connectivity index (χ4v) is 2.59. The van der Waals surface area contributed by atoms with Crippen LogP contribution in [0.5, 0.6) is 0 Å². The number of rotatable bonds is 1. The Kier molecular flexibility index (Phi) is 3.72. The highest BCUT2D eigenvalue weighted by atomic mass is 79.9.